The SMILES string of the molecule is COC(=O)c1cccc(-c2ccc3c(N)cc(Br)c(O)c3n2)n1. The van der Waals surface area contributed by atoms with Crippen molar-refractivity contribution >= 4 is 38.5 Å². The van der Waals surface area contributed by atoms with E-state index < -0.39 is 5.97 Å². The van der Waals surface area contributed by atoms with E-state index in [1.165, 1.54) is 7.11 Å². The molecule has 0 unspecified atom stereocenters. The Kier molecular flexibility index (Phi) is 3.87. The Morgan fingerprint density at radius 2 is 1.96 bits per heavy atom. The lowest BCUT2D eigenvalue weighted by atomic mass is 10.1. The van der Waals surface area contributed by atoms with Crippen molar-refractivity contribution < 1.29 is 14.6 Å². The maximum absolute atomic E-state index is 11.6. The Morgan fingerprint density at radius 1 is 1.22 bits per heavy atom. The van der Waals surface area contributed by atoms with Crippen LogP contribution in [0.1, 0.15) is 10.5 Å². The van der Waals surface area contributed by atoms with Gasteiger partial charge in [-0.2, -0.15) is 0 Å². The van der Waals surface area contributed by atoms with E-state index in [1.807, 2.05) is 0 Å². The molecule has 0 radical (unpaired) electrons. The quantitative estimate of drug-likeness (QED) is 0.406. The molecule has 0 bridgehead atoms. The minimum atomic E-state index is -0.525. The lowest BCUT2D eigenvalue weighted by molar-refractivity contribution is 0.0594. The molecule has 2 heterocycles. The third-order valence-corrected chi connectivity index (χ3v) is 3.95. The van der Waals surface area contributed by atoms with Gasteiger partial charge in [0.15, 0.2) is 5.75 Å². The molecule has 0 saturated carbocycles. The van der Waals surface area contributed by atoms with Crippen LogP contribution in [-0.4, -0.2) is 28.2 Å². The Balaban J connectivity index is 2.18. The second-order valence-corrected chi connectivity index (χ2v) is 5.64. The number of phenols is 1. The molecule has 7 heteroatoms. The van der Waals surface area contributed by atoms with Crippen LogP contribution in [-0.2, 0) is 4.74 Å². The van der Waals surface area contributed by atoms with Crippen molar-refractivity contribution in [3.8, 4) is 17.1 Å². The third-order valence-electron chi connectivity index (χ3n) is 3.35. The Labute approximate surface area is 140 Å². The van der Waals surface area contributed by atoms with E-state index in [0.29, 0.717) is 32.5 Å². The zero-order valence-electron chi connectivity index (χ0n) is 12.1. The van der Waals surface area contributed by atoms with Crippen molar-refractivity contribution in [3.63, 3.8) is 0 Å². The summed E-state index contributed by atoms with van der Waals surface area (Å²) in [6, 6.07) is 10.1. The van der Waals surface area contributed by atoms with Crippen LogP contribution in [0.5, 0.6) is 5.75 Å². The Bertz CT molecular complexity index is 928. The number of fused-ring (bicyclic) bond motifs is 1. The molecule has 0 spiro atoms. The van der Waals surface area contributed by atoms with Crippen molar-refractivity contribution in [2.75, 3.05) is 12.8 Å². The number of aromatic nitrogens is 2. The Morgan fingerprint density at radius 3 is 2.70 bits per heavy atom. The number of nitrogens with zero attached hydrogens (tertiary/aromatic N) is 2. The predicted molar refractivity (Wildman–Crippen MR) is 90.1 cm³/mol. The summed E-state index contributed by atoms with van der Waals surface area (Å²) in [6.45, 7) is 0. The summed E-state index contributed by atoms with van der Waals surface area (Å²) < 4.78 is 5.12. The molecule has 0 aliphatic rings. The fourth-order valence-corrected chi connectivity index (χ4v) is 2.64. The van der Waals surface area contributed by atoms with Crippen molar-refractivity contribution in [2.24, 2.45) is 0 Å². The van der Waals surface area contributed by atoms with Crippen LogP contribution >= 0.6 is 15.9 Å². The van der Waals surface area contributed by atoms with Gasteiger partial charge < -0.3 is 15.6 Å². The van der Waals surface area contributed by atoms with Gasteiger partial charge in [-0.3, -0.25) is 0 Å². The molecule has 3 N–H and O–H groups in total. The zero-order valence-corrected chi connectivity index (χ0v) is 13.7. The number of pyridine rings is 2. The molecular weight excluding hydrogens is 362 g/mol. The van der Waals surface area contributed by atoms with Crippen LogP contribution < -0.4 is 5.73 Å². The molecule has 23 heavy (non-hydrogen) atoms. The van der Waals surface area contributed by atoms with E-state index in [0.717, 1.165) is 0 Å². The first-order chi connectivity index (χ1) is 11.0. The van der Waals surface area contributed by atoms with Crippen LogP contribution in [0.25, 0.3) is 22.3 Å². The van der Waals surface area contributed by atoms with Crippen molar-refractivity contribution in [1.29, 1.82) is 0 Å². The second kappa shape index (κ2) is 5.85. The van der Waals surface area contributed by atoms with Crippen LogP contribution in [0, 0.1) is 0 Å². The molecule has 3 rings (SSSR count). The van der Waals surface area contributed by atoms with Crippen LogP contribution in [0.15, 0.2) is 40.9 Å². The number of carbonyl (C=O) groups excluding carboxylic acids is 1. The van der Waals surface area contributed by atoms with Crippen LogP contribution in [0.3, 0.4) is 0 Å². The van der Waals surface area contributed by atoms with Gasteiger partial charge in [-0.15, -0.1) is 0 Å². The average Bonchev–Trinajstić information content (AvgIpc) is 2.58. The summed E-state index contributed by atoms with van der Waals surface area (Å²) in [6.07, 6.45) is 0. The molecule has 0 aliphatic heterocycles. The summed E-state index contributed by atoms with van der Waals surface area (Å²) in [4.78, 5) is 20.2. The summed E-state index contributed by atoms with van der Waals surface area (Å²) >= 11 is 3.24. The number of ether oxygens (including phenoxy) is 1. The number of anilines is 1. The molecule has 116 valence electrons. The monoisotopic (exact) mass is 373 g/mol. The number of hydrogen-bond acceptors (Lipinski definition) is 6. The maximum atomic E-state index is 11.6. The number of benzene rings is 1. The van der Waals surface area contributed by atoms with Gasteiger partial charge in [-0.25, -0.2) is 14.8 Å². The smallest absolute Gasteiger partial charge is 0.356 e. The molecule has 0 amide bonds. The molecule has 0 atom stereocenters. The molecule has 6 nitrogen and oxygen atoms in total. The minimum Gasteiger partial charge on any atom is -0.505 e. The highest BCUT2D eigenvalue weighted by atomic mass is 79.9. The average molecular weight is 374 g/mol. The fourth-order valence-electron chi connectivity index (χ4n) is 2.21. The number of nitrogens with two attached hydrogens (primary N) is 1. The van der Waals surface area contributed by atoms with Gasteiger partial charge in [0.1, 0.15) is 11.2 Å². The number of esters is 1. The standard InChI is InChI=1S/C16H12BrN3O3/c1-23-16(22)13-4-2-3-11(19-13)12-6-5-8-10(18)7-9(17)15(21)14(8)20-12/h2-7,21H,18H2,1H3. The van der Waals surface area contributed by atoms with E-state index in [9.17, 15) is 9.90 Å². The number of halogens is 1. The van der Waals surface area contributed by atoms with Gasteiger partial charge in [0.2, 0.25) is 0 Å². The number of phenolic OH excluding ortho intramolecular Hbond substituents is 1. The first-order valence-corrected chi connectivity index (χ1v) is 7.44. The molecule has 3 aromatic rings. The molecule has 1 aromatic carbocycles. The predicted octanol–water partition coefficient (Wildman–Crippen LogP) is 3.13. The van der Waals surface area contributed by atoms with E-state index in [-0.39, 0.29) is 11.4 Å². The Hall–Kier alpha value is -2.67. The van der Waals surface area contributed by atoms with Gasteiger partial charge in [0.25, 0.3) is 0 Å². The van der Waals surface area contributed by atoms with E-state index >= 15 is 0 Å². The number of nitrogen functional groups attached to an aromatic ring is 1. The largest absolute Gasteiger partial charge is 0.505 e. The lowest BCUT2D eigenvalue weighted by Crippen LogP contribution is -2.04. The van der Waals surface area contributed by atoms with Crippen molar-refractivity contribution in [2.45, 2.75) is 0 Å². The topological polar surface area (TPSA) is 98.3 Å². The normalized spacial score (nSPS) is 10.7. The number of rotatable bonds is 2. The number of aromatic hydroxyl groups is 1. The first-order valence-electron chi connectivity index (χ1n) is 6.64. The maximum Gasteiger partial charge on any atom is 0.356 e. The highest BCUT2D eigenvalue weighted by Gasteiger charge is 2.13. The van der Waals surface area contributed by atoms with Gasteiger partial charge in [-0.1, -0.05) is 6.07 Å². The molecule has 0 aliphatic carbocycles. The molecule has 0 saturated heterocycles. The zero-order chi connectivity index (χ0) is 16.6. The van der Waals surface area contributed by atoms with Crippen molar-refractivity contribution in [1.82, 2.24) is 9.97 Å². The molecule has 0 fully saturated rings. The highest BCUT2D eigenvalue weighted by molar-refractivity contribution is 9.10. The second-order valence-electron chi connectivity index (χ2n) is 4.79. The van der Waals surface area contributed by atoms with Gasteiger partial charge in [0, 0.05) is 11.1 Å². The number of carbonyl (C=O) groups is 1. The summed E-state index contributed by atoms with van der Waals surface area (Å²) in [5.41, 5.74) is 7.99. The van der Waals surface area contributed by atoms with Crippen molar-refractivity contribution in [3.05, 3.63) is 46.6 Å². The third kappa shape index (κ3) is 2.70. The summed E-state index contributed by atoms with van der Waals surface area (Å²) in [5.74, 6) is -0.525. The minimum absolute atomic E-state index is 0.000160. The molecular formula is C16H12BrN3O3. The van der Waals surface area contributed by atoms with E-state index in [4.69, 9.17) is 5.73 Å². The lowest BCUT2D eigenvalue weighted by Gasteiger charge is -2.08. The summed E-state index contributed by atoms with van der Waals surface area (Å²) in [5, 5.41) is 10.8. The summed E-state index contributed by atoms with van der Waals surface area (Å²) in [7, 11) is 1.29. The number of hydrogen-bond donors (Lipinski definition) is 2. The van der Waals surface area contributed by atoms with E-state index in [1.54, 1.807) is 36.4 Å². The van der Waals surface area contributed by atoms with Gasteiger partial charge in [-0.05, 0) is 46.3 Å². The van der Waals surface area contributed by atoms with E-state index in [2.05, 4.69) is 30.6 Å². The number of methoxy groups -OCH3 is 1. The molecule has 2 aromatic heterocycles. The van der Waals surface area contributed by atoms with Crippen LogP contribution in [0.4, 0.5) is 5.69 Å². The fraction of sp³-hybridized carbons (Fsp3) is 0.0625. The highest BCUT2D eigenvalue weighted by Crippen LogP contribution is 2.36. The van der Waals surface area contributed by atoms with Gasteiger partial charge >= 0.3 is 5.97 Å². The van der Waals surface area contributed by atoms with Crippen LogP contribution in [0.2, 0.25) is 0 Å². The van der Waals surface area contributed by atoms with Gasteiger partial charge in [0.05, 0.1) is 23.0 Å². The first kappa shape index (κ1) is 15.2.